The molecule has 0 saturated carbocycles. The van der Waals surface area contributed by atoms with Crippen molar-refractivity contribution in [2.24, 2.45) is 0 Å². The van der Waals surface area contributed by atoms with Crippen molar-refractivity contribution in [2.75, 3.05) is 7.05 Å². The molecule has 1 aromatic carbocycles. The third-order valence-corrected chi connectivity index (χ3v) is 7.54. The Morgan fingerprint density at radius 2 is 2.09 bits per heavy atom. The molecule has 0 bridgehead atoms. The second kappa shape index (κ2) is 7.43. The minimum absolute atomic E-state index is 0.0993. The molecular weight excluding hydrogens is 420 g/mol. The standard InChI is InChI=1S/C25H20N4O2S/c1-25(21-9-19(14-32-21)18-7-15(11-26)12-28-13-18)10-22(27)29(2)24(30)23(25)17-4-3-16-5-6-31-20(16)8-17/h3-9,12-14,23,27H,10H2,1-2H3/t23-,25-/m1/s1. The maximum Gasteiger partial charge on any atom is 0.236 e. The number of carbonyl (C=O) groups excluding carboxylic acids is 1. The number of nitriles is 1. The summed E-state index contributed by atoms with van der Waals surface area (Å²) in [5.74, 6) is -0.250. The minimum atomic E-state index is -0.593. The number of benzene rings is 1. The van der Waals surface area contributed by atoms with Gasteiger partial charge < -0.3 is 9.32 Å². The number of fused-ring (bicyclic) bond motifs is 1. The van der Waals surface area contributed by atoms with Gasteiger partial charge in [-0.1, -0.05) is 19.1 Å². The van der Waals surface area contributed by atoms with Crippen LogP contribution in [0, 0.1) is 16.7 Å². The van der Waals surface area contributed by atoms with Crippen molar-refractivity contribution in [3.8, 4) is 17.2 Å². The van der Waals surface area contributed by atoms with E-state index in [9.17, 15) is 10.1 Å². The van der Waals surface area contributed by atoms with Crippen molar-refractivity contribution in [3.63, 3.8) is 0 Å². The van der Waals surface area contributed by atoms with Crippen LogP contribution in [0.15, 0.2) is 64.9 Å². The van der Waals surface area contributed by atoms with Gasteiger partial charge in [-0.2, -0.15) is 5.26 Å². The summed E-state index contributed by atoms with van der Waals surface area (Å²) in [6, 6.07) is 13.8. The highest BCUT2D eigenvalue weighted by Gasteiger charge is 2.49. The highest BCUT2D eigenvalue weighted by molar-refractivity contribution is 7.10. The number of carbonyl (C=O) groups is 1. The molecule has 1 aliphatic rings. The van der Waals surface area contributed by atoms with E-state index in [1.54, 1.807) is 30.8 Å². The number of furan rings is 1. The Balaban J connectivity index is 1.62. The quantitative estimate of drug-likeness (QED) is 0.467. The van der Waals surface area contributed by atoms with E-state index in [0.29, 0.717) is 17.8 Å². The van der Waals surface area contributed by atoms with E-state index >= 15 is 0 Å². The predicted octanol–water partition coefficient (Wildman–Crippen LogP) is 5.31. The van der Waals surface area contributed by atoms with Crippen LogP contribution in [0.1, 0.15) is 35.3 Å². The van der Waals surface area contributed by atoms with Gasteiger partial charge in [0.05, 0.1) is 17.7 Å². The molecule has 4 heterocycles. The van der Waals surface area contributed by atoms with Gasteiger partial charge in [-0.25, -0.2) is 0 Å². The maximum atomic E-state index is 13.5. The molecule has 0 radical (unpaired) electrons. The molecule has 5 rings (SSSR count). The van der Waals surface area contributed by atoms with Crippen molar-refractivity contribution < 1.29 is 9.21 Å². The fraction of sp³-hybridized carbons (Fsp3) is 0.200. The predicted molar refractivity (Wildman–Crippen MR) is 124 cm³/mol. The van der Waals surface area contributed by atoms with E-state index in [1.165, 1.54) is 11.1 Å². The van der Waals surface area contributed by atoms with Crippen molar-refractivity contribution >= 4 is 34.0 Å². The van der Waals surface area contributed by atoms with Crippen LogP contribution in [0.25, 0.3) is 22.1 Å². The number of thiophene rings is 1. The first-order valence-electron chi connectivity index (χ1n) is 10.2. The van der Waals surface area contributed by atoms with Crippen LogP contribution in [-0.2, 0) is 10.2 Å². The molecule has 4 aromatic rings. The third-order valence-electron chi connectivity index (χ3n) is 6.33. The minimum Gasteiger partial charge on any atom is -0.464 e. The summed E-state index contributed by atoms with van der Waals surface area (Å²) in [6.45, 7) is 2.06. The lowest BCUT2D eigenvalue weighted by atomic mass is 9.67. The number of nitrogens with one attached hydrogen (secondary N) is 1. The van der Waals surface area contributed by atoms with Crippen molar-refractivity contribution in [1.82, 2.24) is 9.88 Å². The average Bonchev–Trinajstić information content (AvgIpc) is 3.47. The summed E-state index contributed by atoms with van der Waals surface area (Å²) in [7, 11) is 1.67. The van der Waals surface area contributed by atoms with E-state index < -0.39 is 11.3 Å². The van der Waals surface area contributed by atoms with Gasteiger partial charge in [-0.3, -0.25) is 15.2 Å². The van der Waals surface area contributed by atoms with Crippen LogP contribution in [0.4, 0.5) is 0 Å². The SMILES string of the molecule is CN1C(=N)C[C@](C)(c2cc(-c3cncc(C#N)c3)cs2)[C@H](c2ccc3ccoc3c2)C1=O. The second-order valence-electron chi connectivity index (χ2n) is 8.36. The van der Waals surface area contributed by atoms with Gasteiger partial charge in [0, 0.05) is 47.1 Å². The van der Waals surface area contributed by atoms with Gasteiger partial charge in [0.15, 0.2) is 0 Å². The zero-order chi connectivity index (χ0) is 22.5. The summed E-state index contributed by atoms with van der Waals surface area (Å²) in [5, 5.41) is 20.7. The molecular formula is C25H20N4O2S. The molecule has 158 valence electrons. The Morgan fingerprint density at radius 1 is 1.25 bits per heavy atom. The Morgan fingerprint density at radius 3 is 2.91 bits per heavy atom. The van der Waals surface area contributed by atoms with Crippen molar-refractivity contribution in [3.05, 3.63) is 76.4 Å². The van der Waals surface area contributed by atoms with Crippen LogP contribution < -0.4 is 0 Å². The lowest BCUT2D eigenvalue weighted by molar-refractivity contribution is -0.131. The van der Waals surface area contributed by atoms with E-state index in [2.05, 4.69) is 24.0 Å². The largest absolute Gasteiger partial charge is 0.464 e. The first-order chi connectivity index (χ1) is 15.4. The number of amides is 1. The van der Waals surface area contributed by atoms with Crippen LogP contribution in [-0.4, -0.2) is 28.7 Å². The first kappa shape index (κ1) is 20.2. The third kappa shape index (κ3) is 3.12. The highest BCUT2D eigenvalue weighted by atomic mass is 32.1. The number of nitrogens with zero attached hydrogens (tertiary/aromatic N) is 3. The summed E-state index contributed by atoms with van der Waals surface area (Å²) >= 11 is 1.57. The molecule has 3 aromatic heterocycles. The molecule has 1 saturated heterocycles. The van der Waals surface area contributed by atoms with Gasteiger partial charge in [0.2, 0.25) is 5.91 Å². The lowest BCUT2D eigenvalue weighted by Gasteiger charge is -2.44. The Bertz CT molecular complexity index is 1410. The Labute approximate surface area is 189 Å². The zero-order valence-corrected chi connectivity index (χ0v) is 18.4. The van der Waals surface area contributed by atoms with E-state index in [-0.39, 0.29) is 5.91 Å². The average molecular weight is 441 g/mol. The number of likely N-dealkylation sites (N-methyl/N-ethyl adjacent to an activating group) is 1. The van der Waals surface area contributed by atoms with Gasteiger partial charge in [0.1, 0.15) is 17.5 Å². The van der Waals surface area contributed by atoms with E-state index in [0.717, 1.165) is 32.5 Å². The molecule has 0 spiro atoms. The summed E-state index contributed by atoms with van der Waals surface area (Å²) in [6.07, 6.45) is 5.36. The number of amidine groups is 1. The number of piperidine rings is 1. The van der Waals surface area contributed by atoms with Gasteiger partial charge in [-0.15, -0.1) is 11.3 Å². The number of likely N-dealkylation sites (tertiary alicyclic amines) is 1. The van der Waals surface area contributed by atoms with E-state index in [4.69, 9.17) is 9.83 Å². The van der Waals surface area contributed by atoms with Gasteiger partial charge in [0.25, 0.3) is 0 Å². The summed E-state index contributed by atoms with van der Waals surface area (Å²) < 4.78 is 5.59. The van der Waals surface area contributed by atoms with Crippen LogP contribution in [0.5, 0.6) is 0 Å². The molecule has 32 heavy (non-hydrogen) atoms. The molecule has 0 aliphatic carbocycles. The number of rotatable bonds is 3. The maximum absolute atomic E-state index is 13.5. The van der Waals surface area contributed by atoms with Crippen molar-refractivity contribution in [2.45, 2.75) is 24.7 Å². The van der Waals surface area contributed by atoms with Crippen LogP contribution in [0.2, 0.25) is 0 Å². The fourth-order valence-corrected chi connectivity index (χ4v) is 5.62. The first-order valence-corrected chi connectivity index (χ1v) is 11.1. The number of pyridine rings is 1. The smallest absolute Gasteiger partial charge is 0.236 e. The summed E-state index contributed by atoms with van der Waals surface area (Å²) in [4.78, 5) is 20.1. The van der Waals surface area contributed by atoms with Crippen LogP contribution in [0.3, 0.4) is 0 Å². The monoisotopic (exact) mass is 440 g/mol. The highest BCUT2D eigenvalue weighted by Crippen LogP contribution is 2.49. The van der Waals surface area contributed by atoms with Gasteiger partial charge in [-0.05, 0) is 40.8 Å². The number of hydrogen-bond acceptors (Lipinski definition) is 6. The fourth-order valence-electron chi connectivity index (χ4n) is 4.50. The molecule has 6 nitrogen and oxygen atoms in total. The molecule has 2 atom stereocenters. The molecule has 1 fully saturated rings. The lowest BCUT2D eigenvalue weighted by Crippen LogP contribution is -2.51. The molecule has 0 unspecified atom stereocenters. The van der Waals surface area contributed by atoms with E-state index in [1.807, 2.05) is 35.7 Å². The molecule has 1 N–H and O–H groups in total. The molecule has 1 aliphatic heterocycles. The Hall–Kier alpha value is -3.76. The van der Waals surface area contributed by atoms with Crippen molar-refractivity contribution in [1.29, 1.82) is 10.7 Å². The van der Waals surface area contributed by atoms with Crippen LogP contribution >= 0.6 is 11.3 Å². The number of aromatic nitrogens is 1. The number of hydrogen-bond donors (Lipinski definition) is 1. The van der Waals surface area contributed by atoms with Gasteiger partial charge >= 0.3 is 0 Å². The molecule has 1 amide bonds. The normalized spacial score (nSPS) is 21.2. The molecule has 7 heteroatoms. The zero-order valence-electron chi connectivity index (χ0n) is 17.6. The Kier molecular flexibility index (Phi) is 4.68. The topological polar surface area (TPSA) is 94.0 Å². The summed E-state index contributed by atoms with van der Waals surface area (Å²) in [5.41, 5.74) is 3.34. The second-order valence-corrected chi connectivity index (χ2v) is 9.27.